The van der Waals surface area contributed by atoms with Crippen LogP contribution in [0.25, 0.3) is 0 Å². The second-order valence-electron chi connectivity index (χ2n) is 3.94. The number of nitrogens with two attached hydrogens (primary N) is 1. The van der Waals surface area contributed by atoms with Gasteiger partial charge in [0.05, 0.1) is 15.9 Å². The van der Waals surface area contributed by atoms with Crippen molar-refractivity contribution in [2.24, 2.45) is 7.05 Å². The fourth-order valence-corrected chi connectivity index (χ4v) is 3.33. The number of nitrogens with zero attached hydrogens (tertiary/aromatic N) is 2. The van der Waals surface area contributed by atoms with Crippen LogP contribution >= 0.6 is 27.7 Å². The van der Waals surface area contributed by atoms with Gasteiger partial charge in [0.1, 0.15) is 5.82 Å². The Bertz CT molecular complexity index is 583. The highest BCUT2D eigenvalue weighted by Gasteiger charge is 2.11. The number of anilines is 1. The number of benzene rings is 1. The Hall–Kier alpha value is -1.01. The molecule has 1 aromatic carbocycles. The lowest BCUT2D eigenvalue weighted by molar-refractivity contribution is 0.624. The minimum absolute atomic E-state index is 0.271. The van der Waals surface area contributed by atoms with Crippen molar-refractivity contribution < 1.29 is 4.39 Å². The van der Waals surface area contributed by atoms with Crippen molar-refractivity contribution in [3.8, 4) is 0 Å². The monoisotopic (exact) mass is 329 g/mol. The summed E-state index contributed by atoms with van der Waals surface area (Å²) in [6.45, 7) is 1.94. The van der Waals surface area contributed by atoms with E-state index in [1.165, 1.54) is 23.9 Å². The molecule has 0 bridgehead atoms. The number of hydrogen-bond acceptors (Lipinski definition) is 3. The van der Waals surface area contributed by atoms with Crippen LogP contribution in [0.5, 0.6) is 0 Å². The van der Waals surface area contributed by atoms with Crippen molar-refractivity contribution in [1.82, 2.24) is 9.78 Å². The van der Waals surface area contributed by atoms with Gasteiger partial charge in [-0.3, -0.25) is 4.68 Å². The molecule has 0 radical (unpaired) electrons. The van der Waals surface area contributed by atoms with Gasteiger partial charge in [0.25, 0.3) is 0 Å². The molecule has 2 rings (SSSR count). The van der Waals surface area contributed by atoms with Crippen LogP contribution in [0, 0.1) is 12.7 Å². The van der Waals surface area contributed by atoms with Crippen LogP contribution in [0.1, 0.15) is 11.4 Å². The maximum atomic E-state index is 13.1. The minimum atomic E-state index is -0.271. The molecule has 6 heteroatoms. The zero-order valence-corrected chi connectivity index (χ0v) is 12.5. The van der Waals surface area contributed by atoms with Gasteiger partial charge in [-0.15, -0.1) is 11.8 Å². The lowest BCUT2D eigenvalue weighted by Gasteiger charge is -2.06. The summed E-state index contributed by atoms with van der Waals surface area (Å²) in [4.78, 5) is 0.751. The summed E-state index contributed by atoms with van der Waals surface area (Å²) in [5.74, 6) is 0.415. The van der Waals surface area contributed by atoms with Crippen molar-refractivity contribution in [2.45, 2.75) is 17.6 Å². The first-order chi connectivity index (χ1) is 8.49. The van der Waals surface area contributed by atoms with E-state index in [-0.39, 0.29) is 5.82 Å². The molecule has 0 saturated carbocycles. The first-order valence-corrected chi connectivity index (χ1v) is 7.12. The van der Waals surface area contributed by atoms with Crippen molar-refractivity contribution in [2.75, 3.05) is 5.73 Å². The maximum Gasteiger partial charge on any atom is 0.124 e. The number of halogens is 2. The van der Waals surface area contributed by atoms with Crippen LogP contribution in [-0.4, -0.2) is 9.78 Å². The third-order valence-electron chi connectivity index (χ3n) is 2.60. The molecule has 96 valence electrons. The van der Waals surface area contributed by atoms with E-state index in [9.17, 15) is 4.39 Å². The first-order valence-electron chi connectivity index (χ1n) is 5.35. The predicted molar refractivity (Wildman–Crippen MR) is 76.0 cm³/mol. The Labute approximate surface area is 118 Å². The number of hydrogen-bond donors (Lipinski definition) is 1. The van der Waals surface area contributed by atoms with Gasteiger partial charge in [0, 0.05) is 23.4 Å². The summed E-state index contributed by atoms with van der Waals surface area (Å²) < 4.78 is 16.0. The zero-order chi connectivity index (χ0) is 13.3. The van der Waals surface area contributed by atoms with Gasteiger partial charge in [-0.2, -0.15) is 5.10 Å². The highest BCUT2D eigenvalue weighted by molar-refractivity contribution is 9.10. The predicted octanol–water partition coefficient (Wildman–Crippen LogP) is 3.50. The third kappa shape index (κ3) is 2.70. The molecule has 0 fully saturated rings. The Morgan fingerprint density at radius 3 is 2.83 bits per heavy atom. The third-order valence-corrected chi connectivity index (χ3v) is 4.72. The van der Waals surface area contributed by atoms with Crippen molar-refractivity contribution in [3.63, 3.8) is 0 Å². The average molecular weight is 330 g/mol. The van der Waals surface area contributed by atoms with Gasteiger partial charge in [0.15, 0.2) is 0 Å². The molecule has 0 amide bonds. The van der Waals surface area contributed by atoms with E-state index in [2.05, 4.69) is 21.0 Å². The standard InChI is InChI=1S/C12H13BrFN3S/c1-7-12(13)10(17(2)16-7)6-18-11-5-8(14)3-4-9(11)15/h3-5H,6,15H2,1-2H3. The van der Waals surface area contributed by atoms with Gasteiger partial charge in [-0.05, 0) is 41.1 Å². The Morgan fingerprint density at radius 1 is 1.50 bits per heavy atom. The van der Waals surface area contributed by atoms with E-state index in [1.54, 1.807) is 6.07 Å². The van der Waals surface area contributed by atoms with Crippen LogP contribution in [0.3, 0.4) is 0 Å². The van der Waals surface area contributed by atoms with Gasteiger partial charge in [0.2, 0.25) is 0 Å². The van der Waals surface area contributed by atoms with Crippen LogP contribution < -0.4 is 5.73 Å². The largest absolute Gasteiger partial charge is 0.398 e. The molecular formula is C12H13BrFN3S. The fraction of sp³-hybridized carbons (Fsp3) is 0.250. The summed E-state index contributed by atoms with van der Waals surface area (Å²) in [7, 11) is 1.89. The van der Waals surface area contributed by atoms with Crippen LogP contribution in [-0.2, 0) is 12.8 Å². The van der Waals surface area contributed by atoms with Gasteiger partial charge in [-0.1, -0.05) is 0 Å². The van der Waals surface area contributed by atoms with E-state index in [0.717, 1.165) is 20.8 Å². The highest BCUT2D eigenvalue weighted by Crippen LogP contribution is 2.31. The summed E-state index contributed by atoms with van der Waals surface area (Å²) in [6, 6.07) is 4.40. The molecule has 1 heterocycles. The Balaban J connectivity index is 2.19. The van der Waals surface area contributed by atoms with E-state index < -0.39 is 0 Å². The number of aryl methyl sites for hydroxylation is 2. The van der Waals surface area contributed by atoms with Gasteiger partial charge < -0.3 is 5.73 Å². The fourth-order valence-electron chi connectivity index (χ4n) is 1.62. The molecule has 18 heavy (non-hydrogen) atoms. The van der Waals surface area contributed by atoms with Crippen molar-refractivity contribution in [1.29, 1.82) is 0 Å². The second-order valence-corrected chi connectivity index (χ2v) is 5.75. The molecule has 2 N–H and O–H groups in total. The lowest BCUT2D eigenvalue weighted by atomic mass is 10.3. The highest BCUT2D eigenvalue weighted by atomic mass is 79.9. The van der Waals surface area contributed by atoms with Crippen molar-refractivity contribution >= 4 is 33.4 Å². The number of nitrogen functional groups attached to an aromatic ring is 1. The van der Waals surface area contributed by atoms with Crippen molar-refractivity contribution in [3.05, 3.63) is 39.9 Å². The maximum absolute atomic E-state index is 13.1. The van der Waals surface area contributed by atoms with E-state index in [1.807, 2.05) is 18.7 Å². The lowest BCUT2D eigenvalue weighted by Crippen LogP contribution is -1.97. The average Bonchev–Trinajstić information content (AvgIpc) is 2.55. The van der Waals surface area contributed by atoms with Crippen LogP contribution in [0.2, 0.25) is 0 Å². The minimum Gasteiger partial charge on any atom is -0.398 e. The molecule has 0 unspecified atom stereocenters. The molecule has 2 aromatic rings. The van der Waals surface area contributed by atoms with E-state index >= 15 is 0 Å². The summed E-state index contributed by atoms with van der Waals surface area (Å²) in [5.41, 5.74) is 8.41. The molecule has 0 aliphatic heterocycles. The SMILES string of the molecule is Cc1nn(C)c(CSc2cc(F)ccc2N)c1Br. The molecular weight excluding hydrogens is 317 g/mol. The molecule has 3 nitrogen and oxygen atoms in total. The molecule has 0 atom stereocenters. The Morgan fingerprint density at radius 2 is 2.22 bits per heavy atom. The summed E-state index contributed by atoms with van der Waals surface area (Å²) >= 11 is 5.01. The molecule has 0 aliphatic rings. The van der Waals surface area contributed by atoms with Gasteiger partial charge >= 0.3 is 0 Å². The number of rotatable bonds is 3. The molecule has 1 aromatic heterocycles. The molecule has 0 aliphatic carbocycles. The smallest absolute Gasteiger partial charge is 0.124 e. The quantitative estimate of drug-likeness (QED) is 0.692. The number of thioether (sulfide) groups is 1. The summed E-state index contributed by atoms with van der Waals surface area (Å²) in [5, 5.41) is 4.31. The van der Waals surface area contributed by atoms with Crippen LogP contribution in [0.4, 0.5) is 10.1 Å². The molecule has 0 spiro atoms. The van der Waals surface area contributed by atoms with Gasteiger partial charge in [-0.25, -0.2) is 4.39 Å². The normalized spacial score (nSPS) is 10.9. The summed E-state index contributed by atoms with van der Waals surface area (Å²) in [6.07, 6.45) is 0. The van der Waals surface area contributed by atoms with E-state index in [0.29, 0.717) is 11.4 Å². The topological polar surface area (TPSA) is 43.8 Å². The number of aromatic nitrogens is 2. The Kier molecular flexibility index (Phi) is 3.97. The van der Waals surface area contributed by atoms with Crippen LogP contribution in [0.15, 0.2) is 27.6 Å². The first kappa shape index (κ1) is 13.4. The zero-order valence-electron chi connectivity index (χ0n) is 10.1. The second kappa shape index (κ2) is 5.32. The van der Waals surface area contributed by atoms with E-state index in [4.69, 9.17) is 5.73 Å². The molecule has 0 saturated heterocycles.